The van der Waals surface area contributed by atoms with Crippen molar-refractivity contribution >= 4 is 58.7 Å². The number of hydrogen-bond donors (Lipinski definition) is 2. The van der Waals surface area contributed by atoms with E-state index in [1.807, 2.05) is 12.1 Å². The molecule has 2 N–H and O–H groups in total. The molecule has 2 aromatic rings. The van der Waals surface area contributed by atoms with E-state index in [4.69, 9.17) is 16.3 Å². The molecular formula is C14H16Cl2N4O2S2. The van der Waals surface area contributed by atoms with Crippen LogP contribution >= 0.6 is 47.1 Å². The summed E-state index contributed by atoms with van der Waals surface area (Å²) < 4.78 is 6.17. The molecule has 0 bridgehead atoms. The van der Waals surface area contributed by atoms with Gasteiger partial charge in [-0.3, -0.25) is 4.79 Å². The third-order valence-corrected chi connectivity index (χ3v) is 5.46. The fourth-order valence-electron chi connectivity index (χ4n) is 2.15. The van der Waals surface area contributed by atoms with Crippen LogP contribution in [0.15, 0.2) is 32.9 Å². The highest BCUT2D eigenvalue weighted by atomic mass is 35.5. The van der Waals surface area contributed by atoms with Gasteiger partial charge in [-0.05, 0) is 18.2 Å². The number of nitrogens with one attached hydrogen (secondary N) is 2. The Kier molecular flexibility index (Phi) is 7.73. The lowest BCUT2D eigenvalue weighted by molar-refractivity contribution is -0.117. The Balaban J connectivity index is 0.00000208. The van der Waals surface area contributed by atoms with E-state index in [-0.39, 0.29) is 24.4 Å². The molecule has 130 valence electrons. The van der Waals surface area contributed by atoms with Gasteiger partial charge in [0.15, 0.2) is 4.34 Å². The summed E-state index contributed by atoms with van der Waals surface area (Å²) in [4.78, 5) is 12.9. The Morgan fingerprint density at radius 2 is 2.42 bits per heavy atom. The number of benzene rings is 1. The highest BCUT2D eigenvalue weighted by Gasteiger charge is 2.17. The van der Waals surface area contributed by atoms with Crippen molar-refractivity contribution in [1.82, 2.24) is 15.5 Å². The number of carbonyl (C=O) groups excluding carboxylic acids is 1. The number of rotatable bonds is 5. The average molecular weight is 407 g/mol. The number of amides is 1. The summed E-state index contributed by atoms with van der Waals surface area (Å²) in [5, 5.41) is 14.5. The van der Waals surface area contributed by atoms with E-state index in [1.165, 1.54) is 23.1 Å². The highest BCUT2D eigenvalue weighted by Crippen LogP contribution is 2.35. The number of aromatic nitrogens is 2. The van der Waals surface area contributed by atoms with Crippen LogP contribution in [0.1, 0.15) is 6.42 Å². The molecule has 1 saturated heterocycles. The Morgan fingerprint density at radius 1 is 1.54 bits per heavy atom. The van der Waals surface area contributed by atoms with Gasteiger partial charge in [-0.25, -0.2) is 0 Å². The lowest BCUT2D eigenvalue weighted by atomic mass is 10.2. The number of halogens is 2. The lowest BCUT2D eigenvalue weighted by Gasteiger charge is -2.23. The molecule has 1 aliphatic rings. The topological polar surface area (TPSA) is 76.1 Å². The molecule has 1 aromatic carbocycles. The summed E-state index contributed by atoms with van der Waals surface area (Å²) in [6.45, 7) is 2.04. The second-order valence-corrected chi connectivity index (χ2v) is 7.46. The third kappa shape index (κ3) is 5.58. The first kappa shape index (κ1) is 19.4. The average Bonchev–Trinajstić information content (AvgIpc) is 3.04. The summed E-state index contributed by atoms with van der Waals surface area (Å²) in [5.74, 6) is -0.0615. The minimum atomic E-state index is -0.0615. The second-order valence-electron chi connectivity index (χ2n) is 4.93. The summed E-state index contributed by atoms with van der Waals surface area (Å²) in [6, 6.07) is 5.50. The molecule has 3 rings (SSSR count). The van der Waals surface area contributed by atoms with Crippen molar-refractivity contribution in [3.8, 4) is 0 Å². The van der Waals surface area contributed by atoms with Crippen molar-refractivity contribution in [2.75, 3.05) is 25.1 Å². The van der Waals surface area contributed by atoms with Crippen molar-refractivity contribution in [3.63, 3.8) is 0 Å². The van der Waals surface area contributed by atoms with Gasteiger partial charge >= 0.3 is 0 Å². The molecule has 0 saturated carbocycles. The summed E-state index contributed by atoms with van der Waals surface area (Å²) >= 11 is 9.18. The predicted molar refractivity (Wildman–Crippen MR) is 98.6 cm³/mol. The fraction of sp³-hybridized carbons (Fsp3) is 0.357. The molecule has 0 aliphatic carbocycles. The minimum Gasteiger partial charge on any atom is -0.378 e. The van der Waals surface area contributed by atoms with Crippen LogP contribution < -0.4 is 10.6 Å². The molecule has 1 aromatic heterocycles. The summed E-state index contributed by atoms with van der Waals surface area (Å²) in [7, 11) is 0. The van der Waals surface area contributed by atoms with Crippen molar-refractivity contribution in [2.45, 2.75) is 21.7 Å². The molecule has 24 heavy (non-hydrogen) atoms. The number of nitrogens with zero attached hydrogens (tertiary/aromatic N) is 2. The van der Waals surface area contributed by atoms with Gasteiger partial charge in [-0.2, -0.15) is 0 Å². The second kappa shape index (κ2) is 9.55. The Labute approximate surface area is 159 Å². The van der Waals surface area contributed by atoms with Gasteiger partial charge in [0.1, 0.15) is 5.51 Å². The zero-order chi connectivity index (χ0) is 16.1. The standard InChI is InChI=1S/C14H15ClN4O2S2.ClH/c15-11-5-9(1-2-12(11)23-14-19-17-8-22-14)18-13(20)6-10-7-21-4-3-16-10;/h1-2,5,8,10,16H,3-4,6-7H2,(H,18,20);1H. The molecule has 10 heteroatoms. The van der Waals surface area contributed by atoms with Gasteiger partial charge in [0.25, 0.3) is 0 Å². The van der Waals surface area contributed by atoms with Crippen molar-refractivity contribution < 1.29 is 9.53 Å². The van der Waals surface area contributed by atoms with E-state index in [0.29, 0.717) is 30.3 Å². The molecule has 0 spiro atoms. The first-order valence-electron chi connectivity index (χ1n) is 7.05. The van der Waals surface area contributed by atoms with Crippen molar-refractivity contribution in [3.05, 3.63) is 28.7 Å². The van der Waals surface area contributed by atoms with E-state index in [2.05, 4.69) is 20.8 Å². The molecule has 1 aliphatic heterocycles. The highest BCUT2D eigenvalue weighted by molar-refractivity contribution is 8.01. The quantitative estimate of drug-likeness (QED) is 0.794. The Bertz CT molecular complexity index is 667. The van der Waals surface area contributed by atoms with E-state index >= 15 is 0 Å². The molecule has 2 heterocycles. The molecule has 6 nitrogen and oxygen atoms in total. The van der Waals surface area contributed by atoms with Gasteiger partial charge < -0.3 is 15.4 Å². The largest absolute Gasteiger partial charge is 0.378 e. The van der Waals surface area contributed by atoms with Crippen LogP contribution in [0.25, 0.3) is 0 Å². The van der Waals surface area contributed by atoms with Gasteiger partial charge in [-0.15, -0.1) is 22.6 Å². The predicted octanol–water partition coefficient (Wildman–Crippen LogP) is 3.08. The monoisotopic (exact) mass is 406 g/mol. The molecule has 1 atom stereocenters. The minimum absolute atomic E-state index is 0. The molecule has 0 radical (unpaired) electrons. The van der Waals surface area contributed by atoms with E-state index in [0.717, 1.165) is 15.8 Å². The Hall–Kier alpha value is -0.900. The van der Waals surface area contributed by atoms with Gasteiger partial charge in [-0.1, -0.05) is 34.7 Å². The first-order valence-corrected chi connectivity index (χ1v) is 9.12. The molecule has 1 fully saturated rings. The number of morpholine rings is 1. The smallest absolute Gasteiger partial charge is 0.226 e. The molecule has 1 unspecified atom stereocenters. The number of anilines is 1. The maximum Gasteiger partial charge on any atom is 0.226 e. The maximum absolute atomic E-state index is 12.1. The van der Waals surface area contributed by atoms with Crippen molar-refractivity contribution in [2.24, 2.45) is 0 Å². The zero-order valence-corrected chi connectivity index (χ0v) is 15.7. The van der Waals surface area contributed by atoms with E-state index in [9.17, 15) is 4.79 Å². The lowest BCUT2D eigenvalue weighted by Crippen LogP contribution is -2.43. The number of ether oxygens (including phenoxy) is 1. The van der Waals surface area contributed by atoms with Gasteiger partial charge in [0.2, 0.25) is 5.91 Å². The van der Waals surface area contributed by atoms with Crippen LogP contribution in [-0.4, -0.2) is 41.9 Å². The van der Waals surface area contributed by atoms with Crippen LogP contribution in [0.3, 0.4) is 0 Å². The number of carbonyl (C=O) groups is 1. The zero-order valence-electron chi connectivity index (χ0n) is 12.5. The normalized spacial score (nSPS) is 17.1. The van der Waals surface area contributed by atoms with Crippen LogP contribution in [0.4, 0.5) is 5.69 Å². The van der Waals surface area contributed by atoms with E-state index in [1.54, 1.807) is 11.6 Å². The summed E-state index contributed by atoms with van der Waals surface area (Å²) in [5.41, 5.74) is 2.35. The fourth-order valence-corrected chi connectivity index (χ4v) is 3.88. The summed E-state index contributed by atoms with van der Waals surface area (Å²) in [6.07, 6.45) is 0.374. The van der Waals surface area contributed by atoms with Gasteiger partial charge in [0.05, 0.1) is 18.2 Å². The Morgan fingerprint density at radius 3 is 3.08 bits per heavy atom. The maximum atomic E-state index is 12.1. The van der Waals surface area contributed by atoms with Crippen molar-refractivity contribution in [1.29, 1.82) is 0 Å². The van der Waals surface area contributed by atoms with Gasteiger partial charge in [0, 0.05) is 29.6 Å². The van der Waals surface area contributed by atoms with Crippen LogP contribution in [-0.2, 0) is 9.53 Å². The van der Waals surface area contributed by atoms with E-state index < -0.39 is 0 Å². The SMILES string of the molecule is Cl.O=C(CC1COCCN1)Nc1ccc(Sc2nncs2)c(Cl)c1. The number of hydrogen-bond acceptors (Lipinski definition) is 7. The first-order chi connectivity index (χ1) is 11.2. The molecule has 1 amide bonds. The van der Waals surface area contributed by atoms with Crippen LogP contribution in [0, 0.1) is 0 Å². The molecular weight excluding hydrogens is 391 g/mol. The third-order valence-electron chi connectivity index (χ3n) is 3.18. The van der Waals surface area contributed by atoms with Crippen LogP contribution in [0.5, 0.6) is 0 Å². The van der Waals surface area contributed by atoms with Crippen LogP contribution in [0.2, 0.25) is 5.02 Å².